The zero-order valence-corrected chi connectivity index (χ0v) is 23.4. The molecule has 0 bridgehead atoms. The molecule has 1 aromatic heterocycles. The van der Waals surface area contributed by atoms with Crippen LogP contribution in [0.1, 0.15) is 50.3 Å². The van der Waals surface area contributed by atoms with Gasteiger partial charge in [-0.1, -0.05) is 19.4 Å². The standard InChI is InChI=1S/C31H35N3O7/c1-3-5-15-39-23-9-7-21(18-25(23)38-4-2)28-27(29(35)22-8-10-24-26(19-22)41-17-16-40-24)30(36)31(37)34(28)13-6-12-33-14-11-32-20-33/h7-11,14,18-20,28H,3-6,12-13,15-17H2,1-2H3,(H,35,36)/p+1. The molecule has 1 saturated heterocycles. The maximum absolute atomic E-state index is 13.5. The van der Waals surface area contributed by atoms with Crippen LogP contribution in [0.5, 0.6) is 23.0 Å². The van der Waals surface area contributed by atoms with Crippen LogP contribution < -0.4 is 23.5 Å². The number of hydrogen-bond acceptors (Lipinski definition) is 7. The van der Waals surface area contributed by atoms with Gasteiger partial charge in [-0.3, -0.25) is 14.6 Å². The summed E-state index contributed by atoms with van der Waals surface area (Å²) in [5.41, 5.74) is 1.02. The Kier molecular flexibility index (Phi) is 8.76. The van der Waals surface area contributed by atoms with Gasteiger partial charge in [0.15, 0.2) is 23.0 Å². The number of aliphatic hydroxyl groups excluding tert-OH is 1. The molecule has 0 saturated carbocycles. The number of aliphatic hydroxyl groups is 1. The van der Waals surface area contributed by atoms with Crippen LogP contribution in [0.25, 0.3) is 5.76 Å². The van der Waals surface area contributed by atoms with E-state index in [2.05, 4.69) is 11.9 Å². The number of Topliss-reactive ketones (excluding diaryl/α,β-unsaturated/α-hetero) is 1. The van der Waals surface area contributed by atoms with Gasteiger partial charge < -0.3 is 29.0 Å². The van der Waals surface area contributed by atoms with Gasteiger partial charge >= 0.3 is 0 Å². The Labute approximate surface area is 239 Å². The molecule has 2 aliphatic rings. The number of amides is 1. The first kappa shape index (κ1) is 28.1. The summed E-state index contributed by atoms with van der Waals surface area (Å²) >= 11 is 0. The summed E-state index contributed by atoms with van der Waals surface area (Å²) in [6, 6.07) is 9.59. The Balaban J connectivity index is 1.55. The van der Waals surface area contributed by atoms with E-state index in [0.29, 0.717) is 80.1 Å². The van der Waals surface area contributed by atoms with Crippen LogP contribution >= 0.6 is 0 Å². The maximum atomic E-state index is 13.5. The summed E-state index contributed by atoms with van der Waals surface area (Å²) < 4.78 is 25.1. The molecule has 10 nitrogen and oxygen atoms in total. The van der Waals surface area contributed by atoms with Gasteiger partial charge in [-0.15, -0.1) is 0 Å². The molecule has 1 fully saturated rings. The molecule has 2 aromatic carbocycles. The minimum atomic E-state index is -0.816. The average molecular weight is 563 g/mol. The Morgan fingerprint density at radius 3 is 2.63 bits per heavy atom. The Hall–Kier alpha value is -4.47. The fourth-order valence-corrected chi connectivity index (χ4v) is 5.10. The van der Waals surface area contributed by atoms with Crippen molar-refractivity contribution in [2.45, 2.75) is 45.7 Å². The molecule has 0 radical (unpaired) electrons. The summed E-state index contributed by atoms with van der Waals surface area (Å²) in [5.74, 6) is 0.487. The van der Waals surface area contributed by atoms with Crippen LogP contribution in [0.4, 0.5) is 0 Å². The first-order valence-corrected chi connectivity index (χ1v) is 14.1. The summed E-state index contributed by atoms with van der Waals surface area (Å²) in [6.07, 6.45) is 8.06. The molecule has 0 spiro atoms. The van der Waals surface area contributed by atoms with Crippen molar-refractivity contribution in [1.82, 2.24) is 9.88 Å². The van der Waals surface area contributed by atoms with Gasteiger partial charge in [-0.2, -0.15) is 0 Å². The van der Waals surface area contributed by atoms with E-state index in [1.165, 1.54) is 4.90 Å². The molecule has 2 N–H and O–H groups in total. The molecule has 2 aliphatic heterocycles. The lowest BCUT2D eigenvalue weighted by Crippen LogP contribution is -2.36. The quantitative estimate of drug-likeness (QED) is 0.112. The van der Waals surface area contributed by atoms with Gasteiger partial charge in [0, 0.05) is 18.5 Å². The molecule has 41 heavy (non-hydrogen) atoms. The Morgan fingerprint density at radius 2 is 1.88 bits per heavy atom. The summed E-state index contributed by atoms with van der Waals surface area (Å²) in [7, 11) is 0. The predicted molar refractivity (Wildman–Crippen MR) is 150 cm³/mol. The number of aromatic nitrogens is 2. The fourth-order valence-electron chi connectivity index (χ4n) is 5.10. The van der Waals surface area contributed by atoms with Crippen LogP contribution in [0, 0.1) is 0 Å². The number of rotatable bonds is 12. The second-order valence-corrected chi connectivity index (χ2v) is 9.90. The molecule has 1 unspecified atom stereocenters. The van der Waals surface area contributed by atoms with Gasteiger partial charge in [0.1, 0.15) is 31.4 Å². The third-order valence-corrected chi connectivity index (χ3v) is 7.11. The number of carbonyl (C=O) groups excluding carboxylic acids is 2. The van der Waals surface area contributed by atoms with Gasteiger partial charge in [-0.05, 0) is 49.2 Å². The first-order valence-electron chi connectivity index (χ1n) is 14.1. The monoisotopic (exact) mass is 562 g/mol. The van der Waals surface area contributed by atoms with E-state index in [1.807, 2.05) is 36.3 Å². The summed E-state index contributed by atoms with van der Waals surface area (Å²) in [4.78, 5) is 31.5. The third kappa shape index (κ3) is 6.01. The second-order valence-electron chi connectivity index (χ2n) is 9.90. The third-order valence-electron chi connectivity index (χ3n) is 7.11. The molecule has 216 valence electrons. The van der Waals surface area contributed by atoms with Gasteiger partial charge in [0.25, 0.3) is 11.7 Å². The van der Waals surface area contributed by atoms with Gasteiger partial charge in [0.2, 0.25) is 6.33 Å². The number of aryl methyl sites for hydroxylation is 1. The molecular weight excluding hydrogens is 526 g/mol. The highest BCUT2D eigenvalue weighted by Gasteiger charge is 2.46. The second kappa shape index (κ2) is 12.8. The summed E-state index contributed by atoms with van der Waals surface area (Å²) in [6.45, 7) is 6.72. The van der Waals surface area contributed by atoms with E-state index in [9.17, 15) is 14.7 Å². The van der Waals surface area contributed by atoms with E-state index in [0.717, 1.165) is 12.8 Å². The van der Waals surface area contributed by atoms with E-state index in [1.54, 1.807) is 30.3 Å². The highest BCUT2D eigenvalue weighted by molar-refractivity contribution is 6.46. The minimum absolute atomic E-state index is 0.0167. The van der Waals surface area contributed by atoms with Crippen molar-refractivity contribution in [3.63, 3.8) is 0 Å². The Morgan fingerprint density at radius 1 is 1.05 bits per heavy atom. The average Bonchev–Trinajstić information content (AvgIpc) is 3.60. The summed E-state index contributed by atoms with van der Waals surface area (Å²) in [5, 5.41) is 11.5. The van der Waals surface area contributed by atoms with Crippen LogP contribution in [-0.2, 0) is 16.1 Å². The highest BCUT2D eigenvalue weighted by atomic mass is 16.6. The van der Waals surface area contributed by atoms with Crippen LogP contribution in [0.3, 0.4) is 0 Å². The number of ether oxygens (including phenoxy) is 4. The SMILES string of the molecule is CCCCOc1ccc(C2C(=C(O)c3ccc4c(c3)OCCO4)C(=O)C(=O)N2CCC[n+]2cc[nH]c2)cc1OCC. The number of ketones is 1. The number of nitrogens with one attached hydrogen (secondary N) is 1. The number of H-pyrrole nitrogens is 1. The highest BCUT2D eigenvalue weighted by Crippen LogP contribution is 2.43. The smallest absolute Gasteiger partial charge is 0.295 e. The zero-order chi connectivity index (χ0) is 28.8. The number of benzene rings is 2. The molecular formula is C31H36N3O7+. The van der Waals surface area contributed by atoms with Crippen molar-refractivity contribution < 1.29 is 38.2 Å². The van der Waals surface area contributed by atoms with Crippen LogP contribution in [-0.4, -0.2) is 59.7 Å². The van der Waals surface area contributed by atoms with Crippen LogP contribution in [0.2, 0.25) is 0 Å². The molecule has 1 amide bonds. The molecule has 0 aliphatic carbocycles. The van der Waals surface area contributed by atoms with Crippen molar-refractivity contribution >= 4 is 17.4 Å². The molecule has 10 heteroatoms. The van der Waals surface area contributed by atoms with Crippen molar-refractivity contribution in [3.8, 4) is 23.0 Å². The van der Waals surface area contributed by atoms with Crippen LogP contribution in [0.15, 0.2) is 60.7 Å². The van der Waals surface area contributed by atoms with Gasteiger partial charge in [-0.25, -0.2) is 4.57 Å². The van der Waals surface area contributed by atoms with E-state index >= 15 is 0 Å². The molecule has 5 rings (SSSR count). The van der Waals surface area contributed by atoms with Gasteiger partial charge in [0.05, 0.1) is 31.4 Å². The lowest BCUT2D eigenvalue weighted by molar-refractivity contribution is -0.695. The first-order chi connectivity index (χ1) is 20.0. The van der Waals surface area contributed by atoms with E-state index in [-0.39, 0.29) is 11.3 Å². The van der Waals surface area contributed by atoms with Crippen molar-refractivity contribution in [2.24, 2.45) is 0 Å². The number of fused-ring (bicyclic) bond motifs is 1. The number of hydrogen-bond donors (Lipinski definition) is 2. The number of imidazole rings is 1. The van der Waals surface area contributed by atoms with E-state index in [4.69, 9.17) is 18.9 Å². The Bertz CT molecular complexity index is 1420. The van der Waals surface area contributed by atoms with Crippen molar-refractivity contribution in [3.05, 3.63) is 71.8 Å². The lowest BCUT2D eigenvalue weighted by Gasteiger charge is -2.26. The topological polar surface area (TPSA) is 114 Å². The number of nitrogens with zero attached hydrogens (tertiary/aromatic N) is 2. The number of carbonyl (C=O) groups is 2. The normalized spacial score (nSPS) is 17.6. The largest absolute Gasteiger partial charge is 0.507 e. The van der Waals surface area contributed by atoms with Crippen molar-refractivity contribution in [2.75, 3.05) is 33.0 Å². The maximum Gasteiger partial charge on any atom is 0.295 e. The van der Waals surface area contributed by atoms with Crippen molar-refractivity contribution in [1.29, 1.82) is 0 Å². The number of aromatic amines is 1. The minimum Gasteiger partial charge on any atom is -0.507 e. The predicted octanol–water partition coefficient (Wildman–Crippen LogP) is 4.16. The van der Waals surface area contributed by atoms with E-state index < -0.39 is 17.7 Å². The number of likely N-dealkylation sites (tertiary alicyclic amines) is 1. The lowest BCUT2D eigenvalue weighted by atomic mass is 9.94. The zero-order valence-electron chi connectivity index (χ0n) is 23.4. The number of unbranched alkanes of at least 4 members (excludes halogenated alkanes) is 1. The molecule has 3 heterocycles. The fraction of sp³-hybridized carbons (Fsp3) is 0.387. The molecule has 3 aromatic rings. The molecule has 1 atom stereocenters.